The first-order valence-corrected chi connectivity index (χ1v) is 13.6. The van der Waals surface area contributed by atoms with Gasteiger partial charge in [0.25, 0.3) is 5.91 Å². The molecule has 0 radical (unpaired) electrons. The summed E-state index contributed by atoms with van der Waals surface area (Å²) in [5.41, 5.74) is 1.98. The van der Waals surface area contributed by atoms with Crippen molar-refractivity contribution in [1.82, 2.24) is 20.2 Å². The summed E-state index contributed by atoms with van der Waals surface area (Å²) in [7, 11) is 4.86. The van der Waals surface area contributed by atoms with E-state index in [9.17, 15) is 9.18 Å². The number of aromatic nitrogens is 4. The van der Waals surface area contributed by atoms with Crippen LogP contribution in [-0.4, -0.2) is 65.6 Å². The van der Waals surface area contributed by atoms with E-state index in [1.54, 1.807) is 56.8 Å². The summed E-state index contributed by atoms with van der Waals surface area (Å²) in [5, 5.41) is 10.3. The zero-order chi connectivity index (χ0) is 28.7. The molecule has 1 fully saturated rings. The number of nitrogens with one attached hydrogen (secondary N) is 2. The molecule has 2 N–H and O–H groups in total. The second kappa shape index (κ2) is 10.8. The maximum Gasteiger partial charge on any atom is 0.254 e. The molecule has 1 atom stereocenters. The third kappa shape index (κ3) is 4.77. The number of hydrogen-bond acceptors (Lipinski definition) is 9. The van der Waals surface area contributed by atoms with Gasteiger partial charge in [-0.25, -0.2) is 9.37 Å². The van der Waals surface area contributed by atoms with E-state index in [0.29, 0.717) is 45.3 Å². The van der Waals surface area contributed by atoms with E-state index in [4.69, 9.17) is 19.2 Å². The van der Waals surface area contributed by atoms with E-state index in [0.717, 1.165) is 25.7 Å². The van der Waals surface area contributed by atoms with Gasteiger partial charge in [-0.05, 0) is 56.9 Å². The number of benzene rings is 2. The molecule has 214 valence electrons. The predicted molar refractivity (Wildman–Crippen MR) is 153 cm³/mol. The molecule has 41 heavy (non-hydrogen) atoms. The SMILES string of the molecule is COc1ccc(N2C(=O)[C@@H](C)N([C@H]3CC[C@H](OC)CC3)c3nc(Nc4cc(F)c5[nH]ncc5c4)ncc32)cc1OC. The summed E-state index contributed by atoms with van der Waals surface area (Å²) in [6, 6.07) is 8.08. The largest absolute Gasteiger partial charge is 0.493 e. The van der Waals surface area contributed by atoms with Crippen LogP contribution in [0, 0.1) is 5.82 Å². The Hall–Kier alpha value is -4.45. The number of halogens is 1. The van der Waals surface area contributed by atoms with Gasteiger partial charge < -0.3 is 24.4 Å². The lowest BCUT2D eigenvalue weighted by atomic mass is 9.90. The van der Waals surface area contributed by atoms with Gasteiger partial charge in [-0.3, -0.25) is 14.8 Å². The molecule has 0 bridgehead atoms. The summed E-state index contributed by atoms with van der Waals surface area (Å²) in [6.07, 6.45) is 6.92. The lowest BCUT2D eigenvalue weighted by molar-refractivity contribution is -0.119. The van der Waals surface area contributed by atoms with Crippen molar-refractivity contribution in [3.8, 4) is 11.5 Å². The number of H-pyrrole nitrogens is 1. The molecule has 0 saturated heterocycles. The Labute approximate surface area is 236 Å². The summed E-state index contributed by atoms with van der Waals surface area (Å²) < 4.78 is 31.1. The average molecular weight is 562 g/mol. The van der Waals surface area contributed by atoms with Crippen LogP contribution < -0.4 is 24.6 Å². The molecule has 2 aromatic heterocycles. The van der Waals surface area contributed by atoms with E-state index in [-0.39, 0.29) is 24.0 Å². The third-order valence-electron chi connectivity index (χ3n) is 7.98. The van der Waals surface area contributed by atoms with Crippen LogP contribution >= 0.6 is 0 Å². The molecular weight excluding hydrogens is 529 g/mol. The molecule has 1 aliphatic carbocycles. The van der Waals surface area contributed by atoms with Crippen molar-refractivity contribution in [2.24, 2.45) is 0 Å². The molecule has 3 heterocycles. The van der Waals surface area contributed by atoms with Crippen LogP contribution in [0.1, 0.15) is 32.6 Å². The molecule has 0 unspecified atom stereocenters. The topological polar surface area (TPSA) is 118 Å². The Balaban J connectivity index is 1.43. The predicted octanol–water partition coefficient (Wildman–Crippen LogP) is 5.08. The number of carbonyl (C=O) groups is 1. The van der Waals surface area contributed by atoms with Crippen LogP contribution in [0.3, 0.4) is 0 Å². The van der Waals surface area contributed by atoms with Gasteiger partial charge in [-0.1, -0.05) is 0 Å². The van der Waals surface area contributed by atoms with Crippen LogP contribution in [0.15, 0.2) is 42.7 Å². The van der Waals surface area contributed by atoms with Gasteiger partial charge in [0.15, 0.2) is 23.1 Å². The summed E-state index contributed by atoms with van der Waals surface area (Å²) in [5.74, 6) is 1.43. The number of nitrogens with zero attached hydrogens (tertiary/aromatic N) is 5. The third-order valence-corrected chi connectivity index (χ3v) is 7.98. The normalized spacial score (nSPS) is 20.7. The van der Waals surface area contributed by atoms with Gasteiger partial charge in [-0.2, -0.15) is 10.1 Å². The van der Waals surface area contributed by atoms with Crippen molar-refractivity contribution < 1.29 is 23.4 Å². The van der Waals surface area contributed by atoms with Crippen LogP contribution in [0.25, 0.3) is 10.9 Å². The molecule has 6 rings (SSSR count). The van der Waals surface area contributed by atoms with Crippen molar-refractivity contribution in [3.63, 3.8) is 0 Å². The number of fused-ring (bicyclic) bond motifs is 2. The molecule has 1 amide bonds. The van der Waals surface area contributed by atoms with Gasteiger partial charge in [-0.15, -0.1) is 0 Å². The molecule has 4 aromatic rings. The van der Waals surface area contributed by atoms with E-state index in [1.165, 1.54) is 6.07 Å². The van der Waals surface area contributed by atoms with E-state index in [1.807, 2.05) is 13.0 Å². The summed E-state index contributed by atoms with van der Waals surface area (Å²) in [6.45, 7) is 1.90. The molecule has 11 nitrogen and oxygen atoms in total. The minimum absolute atomic E-state index is 0.0918. The average Bonchev–Trinajstić information content (AvgIpc) is 3.47. The first kappa shape index (κ1) is 26.8. The Morgan fingerprint density at radius 2 is 1.80 bits per heavy atom. The highest BCUT2D eigenvalue weighted by molar-refractivity contribution is 6.10. The van der Waals surface area contributed by atoms with Crippen LogP contribution in [0.5, 0.6) is 11.5 Å². The van der Waals surface area contributed by atoms with Crippen LogP contribution in [-0.2, 0) is 9.53 Å². The molecule has 1 saturated carbocycles. The number of anilines is 5. The highest BCUT2D eigenvalue weighted by atomic mass is 19.1. The maximum atomic E-state index is 14.6. The fraction of sp³-hybridized carbons (Fsp3) is 0.379. The van der Waals surface area contributed by atoms with Crippen molar-refractivity contribution in [2.75, 3.05) is 36.4 Å². The minimum atomic E-state index is -0.498. The summed E-state index contributed by atoms with van der Waals surface area (Å²) in [4.78, 5) is 27.2. The van der Waals surface area contributed by atoms with E-state index >= 15 is 0 Å². The van der Waals surface area contributed by atoms with Gasteiger partial charge in [0.05, 0.1) is 38.4 Å². The second-order valence-electron chi connectivity index (χ2n) is 10.3. The molecule has 1 aliphatic heterocycles. The number of hydrogen-bond donors (Lipinski definition) is 2. The van der Waals surface area contributed by atoms with Crippen LogP contribution in [0.4, 0.5) is 33.2 Å². The fourth-order valence-corrected chi connectivity index (χ4v) is 5.88. The van der Waals surface area contributed by atoms with E-state index < -0.39 is 11.9 Å². The monoisotopic (exact) mass is 561 g/mol. The van der Waals surface area contributed by atoms with Gasteiger partial charge in [0, 0.05) is 30.3 Å². The Kier molecular flexibility index (Phi) is 7.08. The summed E-state index contributed by atoms with van der Waals surface area (Å²) >= 11 is 0. The highest BCUT2D eigenvalue weighted by Gasteiger charge is 2.42. The van der Waals surface area contributed by atoms with Gasteiger partial charge in [0.1, 0.15) is 17.2 Å². The Bertz CT molecular complexity index is 1590. The molecule has 2 aromatic carbocycles. The number of rotatable bonds is 7. The molecule has 2 aliphatic rings. The number of amides is 1. The number of methoxy groups -OCH3 is 3. The smallest absolute Gasteiger partial charge is 0.254 e. The Morgan fingerprint density at radius 3 is 2.54 bits per heavy atom. The standard InChI is InChI=1S/C29H32FN7O4/c1-16-28(38)37(20-7-10-24(40-3)25(13-20)41-4)23-15-31-29(33-18-11-17-14-32-35-26(17)22(30)12-18)34-27(23)36(16)19-5-8-21(39-2)9-6-19/h7,10-16,19,21H,5-6,8-9H2,1-4H3,(H,32,35)(H,31,33,34)/t16-,19-,21-/m1/s1. The van der Waals surface area contributed by atoms with Gasteiger partial charge >= 0.3 is 0 Å². The lowest BCUT2D eigenvalue weighted by Gasteiger charge is -2.46. The second-order valence-corrected chi connectivity index (χ2v) is 10.3. The quantitative estimate of drug-likeness (QED) is 0.318. The van der Waals surface area contributed by atoms with E-state index in [2.05, 4.69) is 25.4 Å². The fourth-order valence-electron chi connectivity index (χ4n) is 5.88. The molecular formula is C29H32FN7O4. The van der Waals surface area contributed by atoms with Crippen molar-refractivity contribution >= 4 is 45.6 Å². The zero-order valence-electron chi connectivity index (χ0n) is 23.3. The van der Waals surface area contributed by atoms with Crippen molar-refractivity contribution in [3.05, 3.63) is 48.5 Å². The first-order valence-electron chi connectivity index (χ1n) is 13.6. The van der Waals surface area contributed by atoms with Crippen molar-refractivity contribution in [1.29, 1.82) is 0 Å². The maximum absolute atomic E-state index is 14.6. The number of carbonyl (C=O) groups excluding carboxylic acids is 1. The lowest BCUT2D eigenvalue weighted by Crippen LogP contribution is -2.55. The zero-order valence-corrected chi connectivity index (χ0v) is 23.3. The minimum Gasteiger partial charge on any atom is -0.493 e. The van der Waals surface area contributed by atoms with Crippen LogP contribution in [0.2, 0.25) is 0 Å². The molecule has 12 heteroatoms. The van der Waals surface area contributed by atoms with Gasteiger partial charge in [0.2, 0.25) is 5.95 Å². The number of aromatic amines is 1. The first-order chi connectivity index (χ1) is 19.9. The van der Waals surface area contributed by atoms with Crippen molar-refractivity contribution in [2.45, 2.75) is 50.8 Å². The number of ether oxygens (including phenoxy) is 3. The molecule has 0 spiro atoms. The Morgan fingerprint density at radius 1 is 1.02 bits per heavy atom. The highest BCUT2D eigenvalue weighted by Crippen LogP contribution is 2.44.